The van der Waals surface area contributed by atoms with Crippen LogP contribution in [-0.2, 0) is 6.18 Å². The van der Waals surface area contributed by atoms with Crippen molar-refractivity contribution in [2.75, 3.05) is 11.7 Å². The van der Waals surface area contributed by atoms with Crippen molar-refractivity contribution in [3.8, 4) is 5.75 Å². The number of hydrazone groups is 1. The van der Waals surface area contributed by atoms with Gasteiger partial charge >= 0.3 is 6.18 Å². The standard InChI is InChI=1S/C15H11ClF3N3O2/c16-10-3-6-14(23)12(7-10)13-8-20-21(22(13)24)11-4-1-9(2-5-11)15(17,18)19/h1-7,20,23H,8H2. The number of rotatable bonds is 2. The molecule has 9 heteroatoms. The molecule has 1 aliphatic rings. The molecule has 5 nitrogen and oxygen atoms in total. The fourth-order valence-electron chi connectivity index (χ4n) is 2.33. The predicted octanol–water partition coefficient (Wildman–Crippen LogP) is 3.30. The zero-order valence-electron chi connectivity index (χ0n) is 12.0. The summed E-state index contributed by atoms with van der Waals surface area (Å²) in [5.74, 6) is -0.119. The molecular weight excluding hydrogens is 347 g/mol. The van der Waals surface area contributed by atoms with Gasteiger partial charge in [0.05, 0.1) is 11.1 Å². The van der Waals surface area contributed by atoms with Gasteiger partial charge in [-0.3, -0.25) is 0 Å². The fourth-order valence-corrected chi connectivity index (χ4v) is 2.50. The Bertz CT molecular complexity index is 807. The second-order valence-corrected chi connectivity index (χ2v) is 5.51. The molecule has 0 aromatic heterocycles. The van der Waals surface area contributed by atoms with Crippen LogP contribution in [0.15, 0.2) is 42.5 Å². The summed E-state index contributed by atoms with van der Waals surface area (Å²) in [5.41, 5.74) is 2.61. The molecule has 0 spiro atoms. The second kappa shape index (κ2) is 5.88. The highest BCUT2D eigenvalue weighted by atomic mass is 35.5. The lowest BCUT2D eigenvalue weighted by molar-refractivity contribution is -0.470. The molecule has 0 radical (unpaired) electrons. The van der Waals surface area contributed by atoms with Crippen LogP contribution >= 0.6 is 11.6 Å². The van der Waals surface area contributed by atoms with Crippen LogP contribution in [-0.4, -0.2) is 22.2 Å². The van der Waals surface area contributed by atoms with E-state index in [0.29, 0.717) is 9.87 Å². The van der Waals surface area contributed by atoms with Gasteiger partial charge in [-0.1, -0.05) is 21.6 Å². The maximum atomic E-state index is 12.6. The average Bonchev–Trinajstić information content (AvgIpc) is 2.90. The number of hydrazine groups is 2. The maximum Gasteiger partial charge on any atom is 0.416 e. The Morgan fingerprint density at radius 1 is 1.17 bits per heavy atom. The van der Waals surface area contributed by atoms with Crippen LogP contribution in [0, 0.1) is 5.21 Å². The molecule has 1 aliphatic heterocycles. The zero-order chi connectivity index (χ0) is 17.5. The molecule has 0 saturated carbocycles. The molecule has 0 saturated heterocycles. The number of aromatic hydroxyl groups is 1. The molecule has 2 aromatic carbocycles. The van der Waals surface area contributed by atoms with Gasteiger partial charge in [0, 0.05) is 5.02 Å². The minimum Gasteiger partial charge on any atom is -0.595 e. The van der Waals surface area contributed by atoms with Gasteiger partial charge in [0.15, 0.2) is 0 Å². The largest absolute Gasteiger partial charge is 0.595 e. The first kappa shape index (κ1) is 16.4. The van der Waals surface area contributed by atoms with Crippen LogP contribution in [0.25, 0.3) is 0 Å². The smallest absolute Gasteiger partial charge is 0.416 e. The van der Waals surface area contributed by atoms with Crippen LogP contribution < -0.4 is 10.5 Å². The first-order valence-electron chi connectivity index (χ1n) is 6.80. The highest BCUT2D eigenvalue weighted by Gasteiger charge is 2.33. The molecule has 126 valence electrons. The molecule has 0 bridgehead atoms. The van der Waals surface area contributed by atoms with E-state index >= 15 is 0 Å². The van der Waals surface area contributed by atoms with E-state index < -0.39 is 11.7 Å². The van der Waals surface area contributed by atoms with E-state index in [2.05, 4.69) is 5.43 Å². The van der Waals surface area contributed by atoms with Crippen molar-refractivity contribution < 1.29 is 23.1 Å². The summed E-state index contributed by atoms with van der Waals surface area (Å²) in [4.78, 5) is 0.466. The number of hydrogen-bond acceptors (Lipinski definition) is 4. The summed E-state index contributed by atoms with van der Waals surface area (Å²) in [6.07, 6.45) is -4.45. The van der Waals surface area contributed by atoms with Gasteiger partial charge in [-0.2, -0.15) is 18.6 Å². The van der Waals surface area contributed by atoms with Gasteiger partial charge < -0.3 is 10.3 Å². The Morgan fingerprint density at radius 3 is 2.46 bits per heavy atom. The van der Waals surface area contributed by atoms with Crippen LogP contribution in [0.1, 0.15) is 11.1 Å². The van der Waals surface area contributed by atoms with Crippen LogP contribution in [0.2, 0.25) is 5.02 Å². The Hall–Kier alpha value is -2.45. The first-order chi connectivity index (χ1) is 11.3. The third kappa shape index (κ3) is 2.98. The second-order valence-electron chi connectivity index (χ2n) is 5.07. The molecule has 0 aliphatic carbocycles. The third-order valence-corrected chi connectivity index (χ3v) is 3.75. The number of halogens is 4. The van der Waals surface area contributed by atoms with Crippen molar-refractivity contribution in [3.05, 3.63) is 63.8 Å². The van der Waals surface area contributed by atoms with Crippen molar-refractivity contribution in [1.29, 1.82) is 0 Å². The molecule has 2 N–H and O–H groups in total. The molecule has 0 atom stereocenters. The van der Waals surface area contributed by atoms with E-state index in [1.165, 1.54) is 30.3 Å². The quantitative estimate of drug-likeness (QED) is 0.639. The van der Waals surface area contributed by atoms with Crippen molar-refractivity contribution >= 4 is 23.0 Å². The van der Waals surface area contributed by atoms with Gasteiger partial charge in [-0.05, 0) is 42.5 Å². The summed E-state index contributed by atoms with van der Waals surface area (Å²) in [7, 11) is 0. The minimum absolute atomic E-state index is 0.0818. The van der Waals surface area contributed by atoms with E-state index in [1.807, 2.05) is 0 Å². The highest BCUT2D eigenvalue weighted by molar-refractivity contribution is 6.31. The maximum absolute atomic E-state index is 12.6. The molecule has 24 heavy (non-hydrogen) atoms. The molecule has 1 heterocycles. The first-order valence-corrected chi connectivity index (χ1v) is 7.18. The third-order valence-electron chi connectivity index (χ3n) is 3.52. The topological polar surface area (TPSA) is 61.6 Å². The lowest BCUT2D eigenvalue weighted by Gasteiger charge is -2.16. The summed E-state index contributed by atoms with van der Waals surface area (Å²) >= 11 is 5.87. The van der Waals surface area contributed by atoms with E-state index in [1.54, 1.807) is 0 Å². The number of phenolic OH excluding ortho intramolecular Hbond substituents is 1. The number of benzene rings is 2. The van der Waals surface area contributed by atoms with E-state index in [9.17, 15) is 23.5 Å². The number of alkyl halides is 3. The van der Waals surface area contributed by atoms with Gasteiger partial charge in [-0.25, -0.2) is 0 Å². The van der Waals surface area contributed by atoms with Crippen molar-refractivity contribution in [1.82, 2.24) is 5.43 Å². The van der Waals surface area contributed by atoms with E-state index in [0.717, 1.165) is 17.3 Å². The minimum atomic E-state index is -4.45. The van der Waals surface area contributed by atoms with Gasteiger partial charge in [0.25, 0.3) is 0 Å². The monoisotopic (exact) mass is 357 g/mol. The Morgan fingerprint density at radius 2 is 1.83 bits per heavy atom. The Kier molecular flexibility index (Phi) is 4.02. The predicted molar refractivity (Wildman–Crippen MR) is 82.8 cm³/mol. The van der Waals surface area contributed by atoms with Crippen molar-refractivity contribution in [2.45, 2.75) is 6.18 Å². The summed E-state index contributed by atoms with van der Waals surface area (Å²) in [5, 5.41) is 23.7. The molecule has 0 unspecified atom stereocenters. The average molecular weight is 358 g/mol. The normalized spacial score (nSPS) is 15.2. The molecule has 2 aromatic rings. The Labute approximate surface area is 139 Å². The Balaban J connectivity index is 1.94. The summed E-state index contributed by atoms with van der Waals surface area (Å²) < 4.78 is 37.8. The lowest BCUT2D eigenvalue weighted by Crippen LogP contribution is -2.36. The number of hydrogen-bond donors (Lipinski definition) is 2. The van der Waals surface area contributed by atoms with E-state index in [-0.39, 0.29) is 29.3 Å². The fraction of sp³-hybridized carbons (Fsp3) is 0.133. The SMILES string of the molecule is [O-][N+]1=C(c2cc(Cl)ccc2O)CNN1c1ccc(C(F)(F)F)cc1. The molecule has 0 amide bonds. The number of nitrogens with zero attached hydrogens (tertiary/aromatic N) is 2. The molecule has 3 rings (SSSR count). The van der Waals surface area contributed by atoms with Gasteiger partial charge in [-0.15, -0.1) is 0 Å². The summed E-state index contributed by atoms with van der Waals surface area (Å²) in [6, 6.07) is 8.42. The number of anilines is 1. The molecule has 0 fully saturated rings. The zero-order valence-corrected chi connectivity index (χ0v) is 12.8. The number of nitrogens with one attached hydrogen (secondary N) is 1. The van der Waals surface area contributed by atoms with Crippen molar-refractivity contribution in [3.63, 3.8) is 0 Å². The van der Waals surface area contributed by atoms with Crippen molar-refractivity contribution in [2.24, 2.45) is 0 Å². The highest BCUT2D eigenvalue weighted by Crippen LogP contribution is 2.31. The van der Waals surface area contributed by atoms with Crippen LogP contribution in [0.4, 0.5) is 18.9 Å². The van der Waals surface area contributed by atoms with Crippen LogP contribution in [0.3, 0.4) is 0 Å². The number of phenols is 1. The molecular formula is C15H11ClF3N3O2. The van der Waals surface area contributed by atoms with Crippen LogP contribution in [0.5, 0.6) is 5.75 Å². The summed E-state index contributed by atoms with van der Waals surface area (Å²) in [6.45, 7) is 0.0818. The van der Waals surface area contributed by atoms with Gasteiger partial charge in [0.2, 0.25) is 5.71 Å². The van der Waals surface area contributed by atoms with Gasteiger partial charge in [0.1, 0.15) is 18.0 Å². The van der Waals surface area contributed by atoms with E-state index in [4.69, 9.17) is 11.6 Å². The lowest BCUT2D eigenvalue weighted by atomic mass is 10.1.